The zero-order valence-corrected chi connectivity index (χ0v) is 18.8. The quantitative estimate of drug-likeness (QED) is 0.294. The summed E-state index contributed by atoms with van der Waals surface area (Å²) in [5.41, 5.74) is 7.22. The van der Waals surface area contributed by atoms with E-state index in [0.29, 0.717) is 37.5 Å². The van der Waals surface area contributed by atoms with Gasteiger partial charge in [0.05, 0.1) is 13.2 Å². The molecule has 0 saturated carbocycles. The first kappa shape index (κ1) is 24.8. The Kier molecular flexibility index (Phi) is 9.35. The van der Waals surface area contributed by atoms with Crippen molar-refractivity contribution in [2.45, 2.75) is 51.1 Å². The molecule has 10 nitrogen and oxygen atoms in total. The topological polar surface area (TPSA) is 140 Å². The van der Waals surface area contributed by atoms with Crippen molar-refractivity contribution in [1.82, 2.24) is 10.2 Å². The maximum absolute atomic E-state index is 12.7. The molecule has 180 valence electrons. The van der Waals surface area contributed by atoms with E-state index in [1.54, 1.807) is 18.2 Å². The van der Waals surface area contributed by atoms with Crippen molar-refractivity contribution in [3.8, 4) is 0 Å². The summed E-state index contributed by atoms with van der Waals surface area (Å²) in [6.45, 7) is 2.31. The van der Waals surface area contributed by atoms with E-state index in [9.17, 15) is 19.2 Å². The molecule has 2 heterocycles. The number of unbranched alkanes of at least 4 members (excludes halogenated alkanes) is 3. The molecule has 1 saturated heterocycles. The molecule has 1 atom stereocenters. The van der Waals surface area contributed by atoms with E-state index in [2.05, 4.69) is 10.6 Å². The monoisotopic (exact) mass is 460 g/mol. The number of hydrogen-bond donors (Lipinski definition) is 3. The molecule has 1 aromatic carbocycles. The number of nitrogens with two attached hydrogens (primary N) is 1. The Hall–Kier alpha value is -2.82. The molecule has 2 aliphatic rings. The van der Waals surface area contributed by atoms with Crippen molar-refractivity contribution in [1.29, 1.82) is 0 Å². The van der Waals surface area contributed by atoms with Crippen molar-refractivity contribution in [2.24, 2.45) is 5.73 Å². The fraction of sp³-hybridized carbons (Fsp3) is 0.565. The Labute approximate surface area is 193 Å². The molecule has 0 bridgehead atoms. The van der Waals surface area contributed by atoms with Crippen LogP contribution in [0.5, 0.6) is 0 Å². The number of fused-ring (bicyclic) bond motifs is 1. The minimum Gasteiger partial charge on any atom is -0.379 e. The lowest BCUT2D eigenvalue weighted by atomic mass is 10.0. The molecule has 1 unspecified atom stereocenters. The Morgan fingerprint density at radius 1 is 1.09 bits per heavy atom. The molecule has 4 amide bonds. The second-order valence-corrected chi connectivity index (χ2v) is 8.19. The van der Waals surface area contributed by atoms with E-state index in [1.165, 1.54) is 4.90 Å². The molecule has 10 heteroatoms. The van der Waals surface area contributed by atoms with Crippen LogP contribution in [0, 0.1) is 0 Å². The fourth-order valence-corrected chi connectivity index (χ4v) is 3.94. The van der Waals surface area contributed by atoms with Crippen LogP contribution < -0.4 is 16.4 Å². The summed E-state index contributed by atoms with van der Waals surface area (Å²) in [6.07, 6.45) is 4.75. The number of carbonyl (C=O) groups is 4. The average molecular weight is 461 g/mol. The third-order valence-corrected chi connectivity index (χ3v) is 5.66. The van der Waals surface area contributed by atoms with Gasteiger partial charge in [0, 0.05) is 30.8 Å². The van der Waals surface area contributed by atoms with Gasteiger partial charge in [0.25, 0.3) is 5.91 Å². The number of nitrogens with zero attached hydrogens (tertiary/aromatic N) is 1. The Morgan fingerprint density at radius 2 is 1.88 bits per heavy atom. The van der Waals surface area contributed by atoms with Crippen LogP contribution in [0.25, 0.3) is 0 Å². The number of imide groups is 1. The van der Waals surface area contributed by atoms with Crippen LogP contribution in [-0.4, -0.2) is 67.5 Å². The number of nitrogens with one attached hydrogen (secondary N) is 2. The number of rotatable bonds is 13. The predicted molar refractivity (Wildman–Crippen MR) is 120 cm³/mol. The Morgan fingerprint density at radius 3 is 2.67 bits per heavy atom. The summed E-state index contributed by atoms with van der Waals surface area (Å²) < 4.78 is 10.8. The lowest BCUT2D eigenvalue weighted by molar-refractivity contribution is -0.137. The lowest BCUT2D eigenvalue weighted by Gasteiger charge is -2.29. The van der Waals surface area contributed by atoms with Gasteiger partial charge in [0.15, 0.2) is 0 Å². The van der Waals surface area contributed by atoms with Gasteiger partial charge in [-0.15, -0.1) is 0 Å². The highest BCUT2D eigenvalue weighted by Gasteiger charge is 2.39. The predicted octanol–water partition coefficient (Wildman–Crippen LogP) is 0.938. The summed E-state index contributed by atoms with van der Waals surface area (Å²) >= 11 is 0. The van der Waals surface area contributed by atoms with Crippen LogP contribution in [-0.2, 0) is 30.4 Å². The average Bonchev–Trinajstić information content (AvgIpc) is 3.10. The molecule has 3 rings (SSSR count). The summed E-state index contributed by atoms with van der Waals surface area (Å²) in [7, 11) is 0. The highest BCUT2D eigenvalue weighted by atomic mass is 16.5. The van der Waals surface area contributed by atoms with Gasteiger partial charge in [-0.3, -0.25) is 24.5 Å². The summed E-state index contributed by atoms with van der Waals surface area (Å²) in [5, 5.41) is 5.04. The highest BCUT2D eigenvalue weighted by molar-refractivity contribution is 6.05. The van der Waals surface area contributed by atoms with Gasteiger partial charge < -0.3 is 25.4 Å². The van der Waals surface area contributed by atoms with Crippen LogP contribution in [0.1, 0.15) is 54.4 Å². The molecule has 1 fully saturated rings. The van der Waals surface area contributed by atoms with Crippen molar-refractivity contribution in [2.75, 3.05) is 38.3 Å². The maximum atomic E-state index is 12.7. The first-order valence-electron chi connectivity index (χ1n) is 11.4. The van der Waals surface area contributed by atoms with Gasteiger partial charge in [-0.25, -0.2) is 0 Å². The minimum absolute atomic E-state index is 0.0989. The number of amides is 4. The van der Waals surface area contributed by atoms with E-state index < -0.39 is 11.9 Å². The smallest absolute Gasteiger partial charge is 0.255 e. The summed E-state index contributed by atoms with van der Waals surface area (Å²) in [6, 6.07) is 4.35. The molecule has 2 aliphatic heterocycles. The molecule has 0 aliphatic carbocycles. The number of carbonyl (C=O) groups excluding carboxylic acids is 4. The number of ether oxygens (including phenoxy) is 2. The second kappa shape index (κ2) is 12.4. The van der Waals surface area contributed by atoms with Crippen LogP contribution in [0.4, 0.5) is 5.69 Å². The lowest BCUT2D eigenvalue weighted by Crippen LogP contribution is -2.52. The molecule has 0 aromatic heterocycles. The zero-order valence-electron chi connectivity index (χ0n) is 18.8. The van der Waals surface area contributed by atoms with Crippen molar-refractivity contribution < 1.29 is 28.7 Å². The molecule has 33 heavy (non-hydrogen) atoms. The number of hydrogen-bond acceptors (Lipinski definition) is 7. The zero-order chi connectivity index (χ0) is 23.6. The van der Waals surface area contributed by atoms with Crippen molar-refractivity contribution in [3.05, 3.63) is 29.3 Å². The Balaban J connectivity index is 1.38. The molecule has 4 N–H and O–H groups in total. The van der Waals surface area contributed by atoms with E-state index in [0.717, 1.165) is 37.8 Å². The highest BCUT2D eigenvalue weighted by Crippen LogP contribution is 2.29. The van der Waals surface area contributed by atoms with E-state index in [4.69, 9.17) is 15.2 Å². The van der Waals surface area contributed by atoms with E-state index >= 15 is 0 Å². The van der Waals surface area contributed by atoms with Gasteiger partial charge in [0.1, 0.15) is 12.6 Å². The van der Waals surface area contributed by atoms with Gasteiger partial charge in [-0.2, -0.15) is 0 Å². The van der Waals surface area contributed by atoms with Crippen LogP contribution in [0.2, 0.25) is 0 Å². The van der Waals surface area contributed by atoms with Crippen LogP contribution >= 0.6 is 0 Å². The number of anilines is 1. The molecular formula is C23H32N4O6. The largest absolute Gasteiger partial charge is 0.379 e. The number of benzene rings is 1. The summed E-state index contributed by atoms with van der Waals surface area (Å²) in [4.78, 5) is 49.8. The molecule has 0 radical (unpaired) electrons. The maximum Gasteiger partial charge on any atom is 0.255 e. The molecule has 1 aromatic rings. The second-order valence-electron chi connectivity index (χ2n) is 8.19. The molecular weight excluding hydrogens is 428 g/mol. The number of piperidine rings is 1. The first-order valence-corrected chi connectivity index (χ1v) is 11.4. The SMILES string of the molecule is NCCCCCCOCCOCC(=O)Nc1ccc2c(c1)CN(C1CCC(=O)NC1=O)C2=O. The first-order chi connectivity index (χ1) is 16.0. The van der Waals surface area contributed by atoms with Gasteiger partial charge in [0.2, 0.25) is 17.7 Å². The van der Waals surface area contributed by atoms with Crippen molar-refractivity contribution in [3.63, 3.8) is 0 Å². The van der Waals surface area contributed by atoms with Gasteiger partial charge in [-0.05, 0) is 49.6 Å². The van der Waals surface area contributed by atoms with Crippen LogP contribution in [0.15, 0.2) is 18.2 Å². The molecule has 0 spiro atoms. The fourth-order valence-electron chi connectivity index (χ4n) is 3.94. The van der Waals surface area contributed by atoms with E-state index in [1.807, 2.05) is 0 Å². The summed E-state index contributed by atoms with van der Waals surface area (Å²) in [5.74, 6) is -1.32. The van der Waals surface area contributed by atoms with E-state index in [-0.39, 0.29) is 37.3 Å². The standard InChI is InChI=1S/C23H32N4O6/c24-9-3-1-2-4-10-32-11-12-33-15-21(29)25-17-5-6-18-16(13-17)14-27(23(18)31)19-7-8-20(28)26-22(19)30/h5-6,13,19H,1-4,7-12,14-15,24H2,(H,25,29)(H,26,28,30). The normalized spacial score (nSPS) is 17.8. The van der Waals surface area contributed by atoms with Crippen molar-refractivity contribution >= 4 is 29.3 Å². The van der Waals surface area contributed by atoms with Crippen LogP contribution in [0.3, 0.4) is 0 Å². The van der Waals surface area contributed by atoms with Gasteiger partial charge >= 0.3 is 0 Å². The minimum atomic E-state index is -0.665. The third-order valence-electron chi connectivity index (χ3n) is 5.66. The van der Waals surface area contributed by atoms with Gasteiger partial charge in [-0.1, -0.05) is 12.8 Å². The third kappa shape index (κ3) is 7.08. The Bertz CT molecular complexity index is 875.